The molecule has 5 nitrogen and oxygen atoms in total. The largest absolute Gasteiger partial charge is 0.340 e. The van der Waals surface area contributed by atoms with Crippen LogP contribution in [0.1, 0.15) is 0 Å². The van der Waals surface area contributed by atoms with Gasteiger partial charge in [0.15, 0.2) is 0 Å². The summed E-state index contributed by atoms with van der Waals surface area (Å²) in [4.78, 5) is 8.66. The molecule has 0 unspecified atom stereocenters. The first-order valence-corrected chi connectivity index (χ1v) is 7.48. The molecule has 4 rings (SSSR count). The number of hydrogen-bond donors (Lipinski definition) is 2. The minimum absolute atomic E-state index is 0.807. The maximum Gasteiger partial charge on any atom is 0.141 e. The van der Waals surface area contributed by atoms with E-state index in [0.717, 1.165) is 36.9 Å². The highest BCUT2D eigenvalue weighted by Crippen LogP contribution is 2.26. The number of benzene rings is 2. The first-order chi connectivity index (χ1) is 10.3. The molecule has 0 bridgehead atoms. The maximum atomic E-state index is 4.36. The molecule has 2 aromatic carbocycles. The van der Waals surface area contributed by atoms with E-state index in [9.17, 15) is 0 Å². The lowest BCUT2D eigenvalue weighted by atomic mass is 10.2. The number of fused-ring (bicyclic) bond motifs is 2. The first-order valence-electron chi connectivity index (χ1n) is 6.40. The van der Waals surface area contributed by atoms with Gasteiger partial charge in [0.25, 0.3) is 0 Å². The Balaban J connectivity index is 1.81. The summed E-state index contributed by atoms with van der Waals surface area (Å²) in [6.45, 7) is 0. The van der Waals surface area contributed by atoms with Crippen LogP contribution >= 0.6 is 22.6 Å². The van der Waals surface area contributed by atoms with Crippen LogP contribution in [0.5, 0.6) is 0 Å². The number of H-pyrrole nitrogens is 1. The van der Waals surface area contributed by atoms with Crippen molar-refractivity contribution in [3.05, 3.63) is 52.5 Å². The van der Waals surface area contributed by atoms with Crippen LogP contribution in [0.4, 0.5) is 11.5 Å². The Labute approximate surface area is 134 Å². The molecule has 0 amide bonds. The van der Waals surface area contributed by atoms with Crippen LogP contribution in [0, 0.1) is 3.57 Å². The van der Waals surface area contributed by atoms with E-state index in [1.54, 1.807) is 6.33 Å². The van der Waals surface area contributed by atoms with Gasteiger partial charge in [-0.2, -0.15) is 5.10 Å². The quantitative estimate of drug-likeness (QED) is 0.513. The number of nitrogens with zero attached hydrogens (tertiary/aromatic N) is 3. The number of nitrogens with one attached hydrogen (secondary N) is 2. The van der Waals surface area contributed by atoms with Gasteiger partial charge in [-0.1, -0.05) is 0 Å². The first kappa shape index (κ1) is 12.5. The molecule has 0 spiro atoms. The Bertz CT molecular complexity index is 947. The van der Waals surface area contributed by atoms with Crippen LogP contribution in [0.3, 0.4) is 0 Å². The van der Waals surface area contributed by atoms with E-state index in [-0.39, 0.29) is 0 Å². The van der Waals surface area contributed by atoms with E-state index in [4.69, 9.17) is 0 Å². The average molecular weight is 387 g/mol. The highest BCUT2D eigenvalue weighted by molar-refractivity contribution is 14.1. The minimum Gasteiger partial charge on any atom is -0.340 e. The number of halogens is 1. The molecule has 0 saturated heterocycles. The Hall–Kier alpha value is -2.22. The lowest BCUT2D eigenvalue weighted by Gasteiger charge is -2.08. The van der Waals surface area contributed by atoms with Crippen LogP contribution in [-0.2, 0) is 0 Å². The maximum absolute atomic E-state index is 4.36. The normalized spacial score (nSPS) is 11.1. The van der Waals surface area contributed by atoms with Crippen LogP contribution in [0.15, 0.2) is 48.9 Å². The van der Waals surface area contributed by atoms with Crippen molar-refractivity contribution >= 4 is 55.9 Å². The molecule has 2 aromatic heterocycles. The van der Waals surface area contributed by atoms with Gasteiger partial charge >= 0.3 is 0 Å². The van der Waals surface area contributed by atoms with E-state index in [1.165, 1.54) is 0 Å². The molecule has 2 heterocycles. The van der Waals surface area contributed by atoms with Crippen molar-refractivity contribution < 1.29 is 0 Å². The molecule has 0 aliphatic carbocycles. The summed E-state index contributed by atoms with van der Waals surface area (Å²) in [5.74, 6) is 0.807. The average Bonchev–Trinajstić information content (AvgIpc) is 2.95. The summed E-state index contributed by atoms with van der Waals surface area (Å²) in [6, 6.07) is 12.2. The van der Waals surface area contributed by atoms with E-state index in [2.05, 4.69) is 54.1 Å². The predicted molar refractivity (Wildman–Crippen MR) is 91.6 cm³/mol. The van der Waals surface area contributed by atoms with E-state index in [1.807, 2.05) is 36.5 Å². The summed E-state index contributed by atoms with van der Waals surface area (Å²) >= 11 is 2.29. The molecule has 0 radical (unpaired) electrons. The fourth-order valence-corrected chi connectivity index (χ4v) is 2.78. The van der Waals surface area contributed by atoms with Gasteiger partial charge in [0.1, 0.15) is 12.1 Å². The molecule has 21 heavy (non-hydrogen) atoms. The number of aromatic amines is 1. The number of rotatable bonds is 2. The van der Waals surface area contributed by atoms with Gasteiger partial charge in [0.05, 0.1) is 17.2 Å². The molecule has 0 aliphatic rings. The molecule has 0 saturated carbocycles. The molecule has 0 atom stereocenters. The third kappa shape index (κ3) is 2.31. The van der Waals surface area contributed by atoms with Crippen molar-refractivity contribution in [2.75, 3.05) is 5.32 Å². The lowest BCUT2D eigenvalue weighted by molar-refractivity contribution is 1.12. The summed E-state index contributed by atoms with van der Waals surface area (Å²) in [5.41, 5.74) is 2.92. The molecular formula is C15H10IN5. The molecule has 0 aliphatic heterocycles. The van der Waals surface area contributed by atoms with Crippen molar-refractivity contribution in [1.29, 1.82) is 0 Å². The molecule has 4 aromatic rings. The summed E-state index contributed by atoms with van der Waals surface area (Å²) in [5, 5.41) is 12.4. The number of anilines is 2. The van der Waals surface area contributed by atoms with Crippen LogP contribution in [-0.4, -0.2) is 20.2 Å². The Kier molecular flexibility index (Phi) is 2.95. The second-order valence-electron chi connectivity index (χ2n) is 4.68. The molecule has 0 fully saturated rings. The van der Waals surface area contributed by atoms with Gasteiger partial charge in [-0.25, -0.2) is 9.97 Å². The van der Waals surface area contributed by atoms with Crippen LogP contribution in [0.2, 0.25) is 0 Å². The van der Waals surface area contributed by atoms with E-state index >= 15 is 0 Å². The molecule has 2 N–H and O–H groups in total. The van der Waals surface area contributed by atoms with Crippen LogP contribution in [0.25, 0.3) is 21.8 Å². The van der Waals surface area contributed by atoms with E-state index in [0.29, 0.717) is 0 Å². The summed E-state index contributed by atoms with van der Waals surface area (Å²) < 4.78 is 1.16. The van der Waals surface area contributed by atoms with Gasteiger partial charge < -0.3 is 5.32 Å². The highest BCUT2D eigenvalue weighted by Gasteiger charge is 2.05. The van der Waals surface area contributed by atoms with Gasteiger partial charge in [0, 0.05) is 20.0 Å². The molecular weight excluding hydrogens is 377 g/mol. The van der Waals surface area contributed by atoms with Crippen molar-refractivity contribution in [2.24, 2.45) is 0 Å². The van der Waals surface area contributed by atoms with Crippen LogP contribution < -0.4 is 5.32 Å². The third-order valence-electron chi connectivity index (χ3n) is 3.30. The fraction of sp³-hybridized carbons (Fsp3) is 0. The zero-order valence-corrected chi connectivity index (χ0v) is 13.0. The van der Waals surface area contributed by atoms with Crippen molar-refractivity contribution in [3.8, 4) is 0 Å². The topological polar surface area (TPSA) is 66.5 Å². The van der Waals surface area contributed by atoms with Gasteiger partial charge in [-0.15, -0.1) is 0 Å². The summed E-state index contributed by atoms with van der Waals surface area (Å²) in [7, 11) is 0. The Morgan fingerprint density at radius 3 is 2.95 bits per heavy atom. The zero-order chi connectivity index (χ0) is 14.2. The monoisotopic (exact) mass is 387 g/mol. The SMILES string of the molecule is Ic1ccc2ncnc(Nc3ccc4[nH]ncc4c3)c2c1. The standard InChI is InChI=1S/C15H10IN5/c16-10-1-3-14-12(6-10)15(18-8-17-14)20-11-2-4-13-9(5-11)7-19-21-13/h1-8H,(H,19,21)(H,17,18,20). The second kappa shape index (κ2) is 4.96. The number of hydrogen-bond acceptors (Lipinski definition) is 4. The van der Waals surface area contributed by atoms with Gasteiger partial charge in [-0.3, -0.25) is 5.10 Å². The fourth-order valence-electron chi connectivity index (χ4n) is 2.29. The number of aromatic nitrogens is 4. The molecule has 102 valence electrons. The summed E-state index contributed by atoms with van der Waals surface area (Å²) in [6.07, 6.45) is 3.38. The second-order valence-corrected chi connectivity index (χ2v) is 5.93. The van der Waals surface area contributed by atoms with Gasteiger partial charge in [0.2, 0.25) is 0 Å². The lowest BCUT2D eigenvalue weighted by Crippen LogP contribution is -1.96. The highest BCUT2D eigenvalue weighted by atomic mass is 127. The Morgan fingerprint density at radius 1 is 1.05 bits per heavy atom. The third-order valence-corrected chi connectivity index (χ3v) is 3.97. The van der Waals surface area contributed by atoms with Crippen molar-refractivity contribution in [3.63, 3.8) is 0 Å². The van der Waals surface area contributed by atoms with Crippen molar-refractivity contribution in [1.82, 2.24) is 20.2 Å². The van der Waals surface area contributed by atoms with Gasteiger partial charge in [-0.05, 0) is 59.0 Å². The predicted octanol–water partition coefficient (Wildman–Crippen LogP) is 3.85. The van der Waals surface area contributed by atoms with Crippen molar-refractivity contribution in [2.45, 2.75) is 0 Å². The molecule has 6 heteroatoms. The van der Waals surface area contributed by atoms with E-state index < -0.39 is 0 Å². The minimum atomic E-state index is 0.807. The smallest absolute Gasteiger partial charge is 0.141 e. The zero-order valence-electron chi connectivity index (χ0n) is 10.8. The Morgan fingerprint density at radius 2 is 2.00 bits per heavy atom.